The highest BCUT2D eigenvalue weighted by molar-refractivity contribution is 8.00. The Hall–Kier alpha value is -3.07. The van der Waals surface area contributed by atoms with Crippen molar-refractivity contribution in [2.45, 2.75) is 18.4 Å². The molecule has 9 heteroatoms. The molecule has 0 saturated carbocycles. The van der Waals surface area contributed by atoms with Crippen LogP contribution in [0, 0.1) is 0 Å². The number of aromatic amines is 2. The minimum Gasteiger partial charge on any atom is -0.497 e. The molecule has 0 atom stereocenters. The number of methoxy groups -OCH3 is 1. The number of anilines is 1. The molecule has 3 rings (SSSR count). The van der Waals surface area contributed by atoms with E-state index in [4.69, 9.17) is 4.74 Å². The number of carbonyl (C=O) groups excluding carboxylic acids is 1. The second kappa shape index (κ2) is 8.09. The van der Waals surface area contributed by atoms with Gasteiger partial charge in [0.1, 0.15) is 16.5 Å². The van der Waals surface area contributed by atoms with Crippen LogP contribution in [0.1, 0.15) is 12.5 Å². The second-order valence-corrected chi connectivity index (χ2v) is 6.65. The number of H-pyrrole nitrogens is 2. The third-order valence-corrected chi connectivity index (χ3v) is 4.91. The number of thioether (sulfide) groups is 1. The fraction of sp³-hybridized carbons (Fsp3) is 0.222. The Balaban J connectivity index is 1.77. The molecule has 1 amide bonds. The molecule has 8 nitrogen and oxygen atoms in total. The topological polar surface area (TPSA) is 117 Å². The third kappa shape index (κ3) is 4.37. The summed E-state index contributed by atoms with van der Waals surface area (Å²) in [6, 6.07) is 7.72. The molecule has 3 aromatic rings. The van der Waals surface area contributed by atoms with Gasteiger partial charge in [-0.05, 0) is 30.2 Å². The van der Waals surface area contributed by atoms with Crippen molar-refractivity contribution in [2.75, 3.05) is 18.2 Å². The van der Waals surface area contributed by atoms with Crippen LogP contribution < -0.4 is 21.3 Å². The number of nitrogens with one attached hydrogen (secondary N) is 3. The maximum Gasteiger partial charge on any atom is 0.325 e. The summed E-state index contributed by atoms with van der Waals surface area (Å²) < 4.78 is 5.23. The predicted molar refractivity (Wildman–Crippen MR) is 105 cm³/mol. The normalized spacial score (nSPS) is 10.7. The Bertz CT molecular complexity index is 1110. The zero-order chi connectivity index (χ0) is 19.4. The van der Waals surface area contributed by atoms with Crippen molar-refractivity contribution in [3.63, 3.8) is 0 Å². The first-order chi connectivity index (χ1) is 13.0. The number of hydrogen-bond donors (Lipinski definition) is 3. The summed E-state index contributed by atoms with van der Waals surface area (Å²) >= 11 is 1.29. The van der Waals surface area contributed by atoms with E-state index >= 15 is 0 Å². The van der Waals surface area contributed by atoms with Gasteiger partial charge in [0.05, 0.1) is 18.4 Å². The molecule has 0 spiro atoms. The minimum atomic E-state index is -0.651. The van der Waals surface area contributed by atoms with E-state index in [9.17, 15) is 14.4 Å². The number of rotatable bonds is 6. The average molecular weight is 386 g/mol. The summed E-state index contributed by atoms with van der Waals surface area (Å²) in [5.74, 6) is 0.422. The van der Waals surface area contributed by atoms with E-state index in [1.165, 1.54) is 18.0 Å². The summed E-state index contributed by atoms with van der Waals surface area (Å²) in [7, 11) is 1.60. The molecule has 0 aliphatic heterocycles. The molecule has 1 aromatic carbocycles. The Morgan fingerprint density at radius 1 is 1.30 bits per heavy atom. The molecular formula is C18H18N4O4S. The van der Waals surface area contributed by atoms with Crippen LogP contribution in [0.3, 0.4) is 0 Å². The van der Waals surface area contributed by atoms with Gasteiger partial charge in [0.15, 0.2) is 0 Å². The SMILES string of the molecule is CCc1cc2ccc(OC)cc2nc1SCC(=O)Nc1c[nH]c(=O)[nH]c1=O. The Kier molecular flexibility index (Phi) is 5.60. The summed E-state index contributed by atoms with van der Waals surface area (Å²) in [4.78, 5) is 43.8. The van der Waals surface area contributed by atoms with Gasteiger partial charge in [-0.1, -0.05) is 18.7 Å². The monoisotopic (exact) mass is 386 g/mol. The minimum absolute atomic E-state index is 0.00729. The number of amides is 1. The van der Waals surface area contributed by atoms with Gasteiger partial charge in [0, 0.05) is 17.6 Å². The molecule has 0 radical (unpaired) electrons. The lowest BCUT2D eigenvalue weighted by atomic mass is 10.1. The summed E-state index contributed by atoms with van der Waals surface area (Å²) in [6.07, 6.45) is 1.94. The molecule has 3 N–H and O–H groups in total. The Labute approximate surface area is 158 Å². The van der Waals surface area contributed by atoms with Gasteiger partial charge < -0.3 is 15.0 Å². The number of aryl methyl sites for hydroxylation is 1. The first-order valence-corrected chi connectivity index (χ1v) is 9.21. The molecule has 0 aliphatic rings. The third-order valence-electron chi connectivity index (χ3n) is 3.88. The standard InChI is InChI=1S/C18H18N4O4S/c1-3-10-6-11-4-5-12(26-2)7-13(11)21-17(10)27-9-15(23)20-14-8-19-18(25)22-16(14)24/h4-8H,3,9H2,1-2H3,(H,20,23)(H2,19,22,24,25). The highest BCUT2D eigenvalue weighted by Gasteiger charge is 2.11. The van der Waals surface area contributed by atoms with Crippen molar-refractivity contribution >= 4 is 34.3 Å². The van der Waals surface area contributed by atoms with Crippen molar-refractivity contribution in [3.05, 3.63) is 56.9 Å². The molecule has 0 fully saturated rings. The zero-order valence-corrected chi connectivity index (χ0v) is 15.6. The van der Waals surface area contributed by atoms with Crippen molar-refractivity contribution in [1.29, 1.82) is 0 Å². The number of pyridine rings is 1. The highest BCUT2D eigenvalue weighted by atomic mass is 32.2. The maximum atomic E-state index is 12.2. The van der Waals surface area contributed by atoms with E-state index in [1.54, 1.807) is 7.11 Å². The van der Waals surface area contributed by atoms with Gasteiger partial charge in [-0.25, -0.2) is 9.78 Å². The van der Waals surface area contributed by atoms with E-state index in [0.717, 1.165) is 27.9 Å². The number of fused-ring (bicyclic) bond motifs is 1. The van der Waals surface area contributed by atoms with E-state index in [-0.39, 0.29) is 17.3 Å². The maximum absolute atomic E-state index is 12.2. The van der Waals surface area contributed by atoms with Crippen molar-refractivity contribution in [2.24, 2.45) is 0 Å². The molecule has 0 saturated heterocycles. The quantitative estimate of drug-likeness (QED) is 0.557. The zero-order valence-electron chi connectivity index (χ0n) is 14.8. The smallest absolute Gasteiger partial charge is 0.325 e. The van der Waals surface area contributed by atoms with E-state index in [1.807, 2.05) is 25.1 Å². The molecule has 140 valence electrons. The number of benzene rings is 1. The lowest BCUT2D eigenvalue weighted by Gasteiger charge is -2.10. The van der Waals surface area contributed by atoms with Crippen LogP contribution in [0.5, 0.6) is 5.75 Å². The number of hydrogen-bond acceptors (Lipinski definition) is 6. The molecule has 0 bridgehead atoms. The van der Waals surface area contributed by atoms with Crippen LogP contribution in [0.2, 0.25) is 0 Å². The van der Waals surface area contributed by atoms with E-state index < -0.39 is 11.2 Å². The summed E-state index contributed by atoms with van der Waals surface area (Å²) in [6.45, 7) is 2.02. The molecule has 2 aromatic heterocycles. The van der Waals surface area contributed by atoms with Crippen molar-refractivity contribution < 1.29 is 9.53 Å². The van der Waals surface area contributed by atoms with Crippen LogP contribution in [0.25, 0.3) is 10.9 Å². The summed E-state index contributed by atoms with van der Waals surface area (Å²) in [5.41, 5.74) is 0.532. The summed E-state index contributed by atoms with van der Waals surface area (Å²) in [5, 5.41) is 4.23. The van der Waals surface area contributed by atoms with Gasteiger partial charge >= 0.3 is 5.69 Å². The van der Waals surface area contributed by atoms with Gasteiger partial charge in [-0.3, -0.25) is 14.6 Å². The van der Waals surface area contributed by atoms with Crippen LogP contribution in [0.4, 0.5) is 5.69 Å². The fourth-order valence-corrected chi connectivity index (χ4v) is 3.39. The van der Waals surface area contributed by atoms with Gasteiger partial charge in [-0.15, -0.1) is 0 Å². The average Bonchev–Trinajstić information content (AvgIpc) is 2.67. The fourth-order valence-electron chi connectivity index (χ4n) is 2.50. The molecule has 0 aliphatic carbocycles. The molecule has 0 unspecified atom stereocenters. The van der Waals surface area contributed by atoms with Crippen LogP contribution in [0.15, 0.2) is 45.1 Å². The molecular weight excluding hydrogens is 368 g/mol. The Morgan fingerprint density at radius 2 is 2.11 bits per heavy atom. The lowest BCUT2D eigenvalue weighted by molar-refractivity contribution is -0.113. The number of carbonyl (C=O) groups is 1. The lowest BCUT2D eigenvalue weighted by Crippen LogP contribution is -2.27. The first kappa shape index (κ1) is 18.7. The van der Waals surface area contributed by atoms with Crippen LogP contribution in [-0.4, -0.2) is 33.7 Å². The number of ether oxygens (including phenoxy) is 1. The number of nitrogens with zero attached hydrogens (tertiary/aromatic N) is 1. The predicted octanol–water partition coefficient (Wildman–Crippen LogP) is 1.91. The molecule has 27 heavy (non-hydrogen) atoms. The Morgan fingerprint density at radius 3 is 2.81 bits per heavy atom. The first-order valence-electron chi connectivity index (χ1n) is 8.22. The number of aromatic nitrogens is 3. The van der Waals surface area contributed by atoms with Gasteiger partial charge in [0.2, 0.25) is 5.91 Å². The van der Waals surface area contributed by atoms with Gasteiger partial charge in [-0.2, -0.15) is 0 Å². The van der Waals surface area contributed by atoms with Crippen LogP contribution >= 0.6 is 11.8 Å². The largest absolute Gasteiger partial charge is 0.497 e. The molecule has 2 heterocycles. The van der Waals surface area contributed by atoms with Crippen LogP contribution in [-0.2, 0) is 11.2 Å². The highest BCUT2D eigenvalue weighted by Crippen LogP contribution is 2.27. The van der Waals surface area contributed by atoms with E-state index in [0.29, 0.717) is 5.75 Å². The van der Waals surface area contributed by atoms with Gasteiger partial charge in [0.25, 0.3) is 5.56 Å². The second-order valence-electron chi connectivity index (χ2n) is 5.69. The van der Waals surface area contributed by atoms with Crippen molar-refractivity contribution in [3.8, 4) is 5.75 Å². The van der Waals surface area contributed by atoms with E-state index in [2.05, 4.69) is 26.3 Å². The van der Waals surface area contributed by atoms with Crippen molar-refractivity contribution in [1.82, 2.24) is 15.0 Å².